The van der Waals surface area contributed by atoms with E-state index in [1.54, 1.807) is 24.3 Å². The van der Waals surface area contributed by atoms with Gasteiger partial charge in [-0.1, -0.05) is 29.8 Å². The normalized spacial score (nSPS) is 32.1. The summed E-state index contributed by atoms with van der Waals surface area (Å²) in [6.45, 7) is 4.54. The molecule has 3 rings (SSSR count). The molecule has 120 valence electrons. The summed E-state index contributed by atoms with van der Waals surface area (Å²) in [7, 11) is -3.53. The standard InChI is InChI=1S/C16H22N2O3S/c1-12-3-7-15(8-4-12)22(20,21)18-9-14-6-5-13(2)17-16(14,10-18)11-19/h3-8,13-14,17,19H,9-11H2,1-2H3/t13-,14-,16+/m1/s1. The van der Waals surface area contributed by atoms with Crippen LogP contribution in [0.1, 0.15) is 12.5 Å². The van der Waals surface area contributed by atoms with Crippen molar-refractivity contribution in [3.05, 3.63) is 42.0 Å². The lowest BCUT2D eigenvalue weighted by molar-refractivity contribution is 0.138. The van der Waals surface area contributed by atoms with Crippen molar-refractivity contribution in [2.45, 2.75) is 30.3 Å². The monoisotopic (exact) mass is 322 g/mol. The second-order valence-corrected chi connectivity index (χ2v) is 8.29. The van der Waals surface area contributed by atoms with Crippen molar-refractivity contribution in [2.75, 3.05) is 19.7 Å². The maximum Gasteiger partial charge on any atom is 0.243 e. The minimum Gasteiger partial charge on any atom is -0.394 e. The fourth-order valence-electron chi connectivity index (χ4n) is 3.35. The van der Waals surface area contributed by atoms with Crippen molar-refractivity contribution in [3.63, 3.8) is 0 Å². The molecular formula is C16H22N2O3S. The average Bonchev–Trinajstić information content (AvgIpc) is 2.87. The summed E-state index contributed by atoms with van der Waals surface area (Å²) in [5, 5.41) is 13.2. The SMILES string of the molecule is Cc1ccc(S(=O)(=O)N2C[C@H]3C=C[C@@H](C)N[C@]3(CO)C2)cc1. The van der Waals surface area contributed by atoms with Crippen LogP contribution in [0.4, 0.5) is 0 Å². The molecule has 2 N–H and O–H groups in total. The summed E-state index contributed by atoms with van der Waals surface area (Å²) in [4.78, 5) is 0.307. The third-order valence-electron chi connectivity index (χ3n) is 4.66. The lowest BCUT2D eigenvalue weighted by atomic mass is 9.83. The van der Waals surface area contributed by atoms with E-state index in [0.717, 1.165) is 5.56 Å². The van der Waals surface area contributed by atoms with Crippen LogP contribution in [-0.2, 0) is 10.0 Å². The molecule has 0 amide bonds. The topological polar surface area (TPSA) is 69.6 Å². The molecule has 2 aliphatic rings. The third kappa shape index (κ3) is 2.50. The predicted octanol–water partition coefficient (Wildman–Crippen LogP) is 0.895. The molecule has 6 heteroatoms. The van der Waals surface area contributed by atoms with E-state index < -0.39 is 15.6 Å². The van der Waals surface area contributed by atoms with Crippen molar-refractivity contribution in [1.82, 2.24) is 9.62 Å². The van der Waals surface area contributed by atoms with E-state index in [9.17, 15) is 13.5 Å². The first-order chi connectivity index (χ1) is 10.4. The van der Waals surface area contributed by atoms with Crippen LogP contribution in [0.15, 0.2) is 41.3 Å². The Hall–Kier alpha value is -1.21. The molecule has 2 aliphatic heterocycles. The summed E-state index contributed by atoms with van der Waals surface area (Å²) in [5.74, 6) is -0.00563. The van der Waals surface area contributed by atoms with E-state index in [2.05, 4.69) is 5.32 Å². The van der Waals surface area contributed by atoms with Crippen molar-refractivity contribution in [2.24, 2.45) is 5.92 Å². The van der Waals surface area contributed by atoms with Gasteiger partial charge >= 0.3 is 0 Å². The molecule has 2 heterocycles. The van der Waals surface area contributed by atoms with Gasteiger partial charge in [-0.15, -0.1) is 0 Å². The average molecular weight is 322 g/mol. The van der Waals surface area contributed by atoms with Gasteiger partial charge in [0.25, 0.3) is 0 Å². The van der Waals surface area contributed by atoms with Crippen molar-refractivity contribution in [3.8, 4) is 0 Å². The van der Waals surface area contributed by atoms with Gasteiger partial charge in [-0.3, -0.25) is 0 Å². The Bertz CT molecular complexity index is 684. The zero-order chi connectivity index (χ0) is 16.0. The number of nitrogens with one attached hydrogen (secondary N) is 1. The first kappa shape index (κ1) is 15.7. The summed E-state index contributed by atoms with van der Waals surface area (Å²) in [5.41, 5.74) is 0.450. The van der Waals surface area contributed by atoms with Gasteiger partial charge in [0.2, 0.25) is 10.0 Å². The Kier molecular flexibility index (Phi) is 3.89. The lowest BCUT2D eigenvalue weighted by Gasteiger charge is -2.38. The van der Waals surface area contributed by atoms with Gasteiger partial charge in [0.1, 0.15) is 0 Å². The molecule has 0 spiro atoms. The van der Waals surface area contributed by atoms with E-state index in [0.29, 0.717) is 18.0 Å². The molecule has 0 saturated carbocycles. The quantitative estimate of drug-likeness (QED) is 0.811. The predicted molar refractivity (Wildman–Crippen MR) is 85.0 cm³/mol. The van der Waals surface area contributed by atoms with Crippen molar-refractivity contribution >= 4 is 10.0 Å². The Morgan fingerprint density at radius 3 is 2.64 bits per heavy atom. The number of aryl methyl sites for hydroxylation is 1. The smallest absolute Gasteiger partial charge is 0.243 e. The zero-order valence-electron chi connectivity index (χ0n) is 12.9. The highest BCUT2D eigenvalue weighted by atomic mass is 32.2. The molecule has 0 radical (unpaired) electrons. The first-order valence-corrected chi connectivity index (χ1v) is 8.95. The number of nitrogens with zero attached hydrogens (tertiary/aromatic N) is 1. The minimum atomic E-state index is -3.53. The minimum absolute atomic E-state index is 0.00563. The Labute approximate surface area is 131 Å². The van der Waals surface area contributed by atoms with Crippen molar-refractivity contribution < 1.29 is 13.5 Å². The summed E-state index contributed by atoms with van der Waals surface area (Å²) in [6.07, 6.45) is 4.06. The second kappa shape index (κ2) is 5.45. The second-order valence-electron chi connectivity index (χ2n) is 6.35. The number of fused-ring (bicyclic) bond motifs is 1. The van der Waals surface area contributed by atoms with E-state index in [1.807, 2.05) is 26.0 Å². The molecule has 1 saturated heterocycles. The van der Waals surface area contributed by atoms with Gasteiger partial charge < -0.3 is 10.4 Å². The van der Waals surface area contributed by atoms with Crippen LogP contribution < -0.4 is 5.32 Å². The van der Waals surface area contributed by atoms with Gasteiger partial charge in [-0.2, -0.15) is 4.31 Å². The zero-order valence-corrected chi connectivity index (χ0v) is 13.7. The molecule has 3 atom stereocenters. The number of aliphatic hydroxyl groups excluding tert-OH is 1. The Morgan fingerprint density at radius 2 is 2.00 bits per heavy atom. The summed E-state index contributed by atoms with van der Waals surface area (Å²) >= 11 is 0. The number of aliphatic hydroxyl groups is 1. The van der Waals surface area contributed by atoms with E-state index in [-0.39, 0.29) is 18.6 Å². The highest BCUT2D eigenvalue weighted by molar-refractivity contribution is 7.89. The number of benzene rings is 1. The van der Waals surface area contributed by atoms with Crippen LogP contribution in [-0.4, -0.2) is 49.1 Å². The van der Waals surface area contributed by atoms with Crippen LogP contribution in [0.5, 0.6) is 0 Å². The maximum absolute atomic E-state index is 12.8. The number of hydrogen-bond acceptors (Lipinski definition) is 4. The fraction of sp³-hybridized carbons (Fsp3) is 0.500. The van der Waals surface area contributed by atoms with Gasteiger partial charge in [-0.25, -0.2) is 8.42 Å². The van der Waals surface area contributed by atoms with E-state index in [1.165, 1.54) is 4.31 Å². The molecule has 1 fully saturated rings. The van der Waals surface area contributed by atoms with E-state index in [4.69, 9.17) is 0 Å². The first-order valence-electron chi connectivity index (χ1n) is 7.51. The van der Waals surface area contributed by atoms with Gasteiger partial charge in [-0.05, 0) is 26.0 Å². The van der Waals surface area contributed by atoms with Gasteiger partial charge in [0, 0.05) is 25.0 Å². The Balaban J connectivity index is 1.91. The molecular weight excluding hydrogens is 300 g/mol. The lowest BCUT2D eigenvalue weighted by Crippen LogP contribution is -2.59. The fourth-order valence-corrected chi connectivity index (χ4v) is 4.88. The third-order valence-corrected chi connectivity index (χ3v) is 6.48. The van der Waals surface area contributed by atoms with Gasteiger partial charge in [0.15, 0.2) is 0 Å². The maximum atomic E-state index is 12.8. The molecule has 5 nitrogen and oxygen atoms in total. The summed E-state index contributed by atoms with van der Waals surface area (Å²) < 4.78 is 27.1. The largest absolute Gasteiger partial charge is 0.394 e. The highest BCUT2D eigenvalue weighted by Gasteiger charge is 2.50. The van der Waals surface area contributed by atoms with Crippen LogP contribution in [0.2, 0.25) is 0 Å². The van der Waals surface area contributed by atoms with Crippen LogP contribution in [0.3, 0.4) is 0 Å². The number of sulfonamides is 1. The molecule has 0 aromatic heterocycles. The molecule has 1 aromatic rings. The Morgan fingerprint density at radius 1 is 1.32 bits per heavy atom. The summed E-state index contributed by atoms with van der Waals surface area (Å²) in [6, 6.07) is 7.02. The van der Waals surface area contributed by atoms with Gasteiger partial charge in [0.05, 0.1) is 17.0 Å². The molecule has 0 bridgehead atoms. The highest BCUT2D eigenvalue weighted by Crippen LogP contribution is 2.35. The molecule has 0 aliphatic carbocycles. The molecule has 1 aromatic carbocycles. The van der Waals surface area contributed by atoms with Crippen LogP contribution in [0.25, 0.3) is 0 Å². The van der Waals surface area contributed by atoms with Crippen LogP contribution in [0, 0.1) is 12.8 Å². The van der Waals surface area contributed by atoms with Crippen LogP contribution >= 0.6 is 0 Å². The van der Waals surface area contributed by atoms with Crippen molar-refractivity contribution in [1.29, 1.82) is 0 Å². The number of hydrogen-bond donors (Lipinski definition) is 2. The molecule has 22 heavy (non-hydrogen) atoms. The molecule has 0 unspecified atom stereocenters. The van der Waals surface area contributed by atoms with E-state index >= 15 is 0 Å². The number of rotatable bonds is 3.